The molecule has 0 saturated heterocycles. The topological polar surface area (TPSA) is 33.1 Å². The number of hydrogen-bond donors (Lipinski definition) is 1. The van der Waals surface area contributed by atoms with Gasteiger partial charge >= 0.3 is 0 Å². The Morgan fingerprint density at radius 3 is 2.25 bits per heavy atom. The molecule has 1 unspecified atom stereocenters. The van der Waals surface area contributed by atoms with Crippen LogP contribution in [0.25, 0.3) is 0 Å². The molecule has 0 aliphatic rings. The molecule has 2 aromatic carbocycles. The number of rotatable bonds is 3. The fourth-order valence-electron chi connectivity index (χ4n) is 1.47. The van der Waals surface area contributed by atoms with Gasteiger partial charge in [-0.2, -0.15) is 0 Å². The van der Waals surface area contributed by atoms with Crippen molar-refractivity contribution in [3.63, 3.8) is 0 Å². The van der Waals surface area contributed by atoms with Crippen LogP contribution in [0.2, 0.25) is 0 Å². The van der Waals surface area contributed by atoms with Gasteiger partial charge in [-0.05, 0) is 35.0 Å². The molecule has 0 fully saturated rings. The second kappa shape index (κ2) is 4.94. The normalized spacial score (nSPS) is 12.1. The quantitative estimate of drug-likeness (QED) is 0.861. The van der Waals surface area contributed by atoms with Crippen LogP contribution in [-0.2, 0) is 10.7 Å². The summed E-state index contributed by atoms with van der Waals surface area (Å²) in [5.41, 5.74) is 0. The molecule has 1 atom stereocenters. The van der Waals surface area contributed by atoms with Crippen LogP contribution in [0.5, 0.6) is 5.75 Å². The molecule has 0 heterocycles. The van der Waals surface area contributed by atoms with Gasteiger partial charge in [0, 0.05) is 4.90 Å². The summed E-state index contributed by atoms with van der Waals surface area (Å²) in [6.07, 6.45) is 0. The van der Waals surface area contributed by atoms with E-state index in [1.807, 2.05) is 54.6 Å². The molecule has 2 nitrogen and oxygen atoms in total. The summed E-state index contributed by atoms with van der Waals surface area (Å²) in [5.74, 6) is 0.782. The van der Waals surface area contributed by atoms with Gasteiger partial charge in [-0.25, -0.2) is 0 Å². The van der Waals surface area contributed by atoms with Crippen LogP contribution < -0.4 is 4.74 Å². The van der Waals surface area contributed by atoms with Crippen molar-refractivity contribution in [3.05, 3.63) is 54.6 Å². The van der Waals surface area contributed by atoms with Crippen molar-refractivity contribution in [1.82, 2.24) is 0 Å². The highest BCUT2D eigenvalue weighted by molar-refractivity contribution is 7.86. The van der Waals surface area contributed by atoms with Gasteiger partial charge in [0.1, 0.15) is 5.75 Å². The zero-order chi connectivity index (χ0) is 11.4. The van der Waals surface area contributed by atoms with E-state index in [1.165, 1.54) is 0 Å². The van der Waals surface area contributed by atoms with Gasteiger partial charge in [-0.15, -0.1) is 0 Å². The van der Waals surface area contributed by atoms with E-state index in [2.05, 4.69) is 0 Å². The second-order valence-electron chi connectivity index (χ2n) is 3.27. The first-order valence-corrected chi connectivity index (χ1v) is 6.19. The largest absolute Gasteiger partial charge is 0.496 e. The first-order chi connectivity index (χ1) is 7.83. The highest BCUT2D eigenvalue weighted by Crippen LogP contribution is 2.25. The molecule has 0 radical (unpaired) electrons. The highest BCUT2D eigenvalue weighted by Gasteiger charge is 2.07. The summed E-state index contributed by atoms with van der Waals surface area (Å²) in [4.78, 5) is 1.93. The lowest BCUT2D eigenvalue weighted by atomic mass is 10.3. The molecule has 2 aromatic rings. The predicted octanol–water partition coefficient (Wildman–Crippen LogP) is 3.49. The first kappa shape index (κ1) is 10.9. The molecule has 0 bridgehead atoms. The second-order valence-corrected chi connectivity index (χ2v) is 4.79. The Bertz CT molecular complexity index is 496. The minimum absolute atomic E-state index is 0.683. The van der Waals surface area contributed by atoms with Crippen molar-refractivity contribution in [2.24, 2.45) is 0 Å². The maximum absolute atomic E-state index is 8.25. The lowest BCUT2D eigenvalue weighted by Gasteiger charge is -2.10. The van der Waals surface area contributed by atoms with Crippen LogP contribution in [-0.4, -0.2) is 7.11 Å². The smallest absolute Gasteiger partial charge is 0.133 e. The standard InChI is InChI=1S/C13H13NOS/c1-15-12-9-5-6-10-13(12)16(14)11-7-3-2-4-8-11/h2-10,14H,1H3. The maximum Gasteiger partial charge on any atom is 0.133 e. The average Bonchev–Trinajstić information content (AvgIpc) is 2.39. The third-order valence-corrected chi connectivity index (χ3v) is 3.79. The van der Waals surface area contributed by atoms with Gasteiger partial charge in [0.15, 0.2) is 0 Å². The number of nitrogens with one attached hydrogen (secondary N) is 1. The van der Waals surface area contributed by atoms with Crippen LogP contribution in [0.1, 0.15) is 0 Å². The molecule has 0 saturated carbocycles. The van der Waals surface area contributed by atoms with Crippen molar-refractivity contribution < 1.29 is 4.74 Å². The molecule has 0 amide bonds. The van der Waals surface area contributed by atoms with Crippen LogP contribution in [0, 0.1) is 4.78 Å². The Morgan fingerprint density at radius 1 is 0.938 bits per heavy atom. The van der Waals surface area contributed by atoms with E-state index in [9.17, 15) is 0 Å². The molecule has 82 valence electrons. The van der Waals surface area contributed by atoms with E-state index in [0.29, 0.717) is 0 Å². The third kappa shape index (κ3) is 2.14. The number of ether oxygens (including phenoxy) is 1. The van der Waals surface area contributed by atoms with E-state index < -0.39 is 10.7 Å². The SMILES string of the molecule is COc1ccccc1S(=N)c1ccccc1. The maximum atomic E-state index is 8.25. The van der Waals surface area contributed by atoms with Crippen LogP contribution in [0.4, 0.5) is 0 Å². The highest BCUT2D eigenvalue weighted by atomic mass is 32.2. The van der Waals surface area contributed by atoms with Crippen molar-refractivity contribution in [3.8, 4) is 5.75 Å². The van der Waals surface area contributed by atoms with Crippen LogP contribution in [0.15, 0.2) is 64.4 Å². The first-order valence-electron chi connectivity index (χ1n) is 4.96. The summed E-state index contributed by atoms with van der Waals surface area (Å²) >= 11 is 0. The van der Waals surface area contributed by atoms with E-state index in [0.717, 1.165) is 15.5 Å². The fourth-order valence-corrected chi connectivity index (χ4v) is 2.72. The monoisotopic (exact) mass is 231 g/mol. The summed E-state index contributed by atoms with van der Waals surface area (Å²) in [6.45, 7) is 0. The molecule has 16 heavy (non-hydrogen) atoms. The number of para-hydroxylation sites is 1. The number of benzene rings is 2. The van der Waals surface area contributed by atoms with E-state index in [1.54, 1.807) is 7.11 Å². The van der Waals surface area contributed by atoms with Crippen molar-refractivity contribution in [2.75, 3.05) is 7.11 Å². The Kier molecular flexibility index (Phi) is 3.37. The zero-order valence-corrected chi connectivity index (χ0v) is 9.83. The Labute approximate surface area is 97.8 Å². The summed E-state index contributed by atoms with van der Waals surface area (Å²) in [5, 5.41) is 0. The predicted molar refractivity (Wildman–Crippen MR) is 66.1 cm³/mol. The minimum atomic E-state index is -0.683. The average molecular weight is 231 g/mol. The third-order valence-electron chi connectivity index (χ3n) is 2.27. The van der Waals surface area contributed by atoms with E-state index in [-0.39, 0.29) is 0 Å². The number of hydrogen-bond acceptors (Lipinski definition) is 2. The molecule has 0 aliphatic carbocycles. The van der Waals surface area contributed by atoms with Crippen LogP contribution in [0.3, 0.4) is 0 Å². The summed E-state index contributed by atoms with van der Waals surface area (Å²) in [7, 11) is 0.957. The molecular weight excluding hydrogens is 218 g/mol. The van der Waals surface area contributed by atoms with E-state index in [4.69, 9.17) is 9.52 Å². The van der Waals surface area contributed by atoms with Crippen LogP contribution >= 0.6 is 0 Å². The molecule has 0 aromatic heterocycles. The van der Waals surface area contributed by atoms with Crippen molar-refractivity contribution in [2.45, 2.75) is 9.79 Å². The zero-order valence-electron chi connectivity index (χ0n) is 9.01. The Morgan fingerprint density at radius 2 is 1.56 bits per heavy atom. The lowest BCUT2D eigenvalue weighted by molar-refractivity contribution is 0.404. The molecule has 0 aliphatic heterocycles. The van der Waals surface area contributed by atoms with Gasteiger partial charge in [0.25, 0.3) is 0 Å². The minimum Gasteiger partial charge on any atom is -0.496 e. The Balaban J connectivity index is 2.42. The van der Waals surface area contributed by atoms with Crippen molar-refractivity contribution >= 4 is 10.7 Å². The lowest BCUT2D eigenvalue weighted by Crippen LogP contribution is -1.94. The van der Waals surface area contributed by atoms with Gasteiger partial charge in [-0.1, -0.05) is 30.3 Å². The van der Waals surface area contributed by atoms with Gasteiger partial charge in [0.2, 0.25) is 0 Å². The molecule has 0 spiro atoms. The molecule has 1 N–H and O–H groups in total. The Hall–Kier alpha value is -1.61. The molecule has 2 rings (SSSR count). The van der Waals surface area contributed by atoms with Gasteiger partial charge < -0.3 is 4.74 Å². The summed E-state index contributed by atoms with van der Waals surface area (Å²) in [6, 6.07) is 17.5. The van der Waals surface area contributed by atoms with E-state index >= 15 is 0 Å². The molecule has 3 heteroatoms. The number of methoxy groups -OCH3 is 1. The molecular formula is C13H13NOS. The summed E-state index contributed by atoms with van der Waals surface area (Å²) < 4.78 is 13.5. The van der Waals surface area contributed by atoms with Crippen molar-refractivity contribution in [1.29, 1.82) is 4.78 Å². The van der Waals surface area contributed by atoms with Gasteiger partial charge in [-0.3, -0.25) is 4.78 Å². The fraction of sp³-hybridized carbons (Fsp3) is 0.0769. The van der Waals surface area contributed by atoms with Gasteiger partial charge in [0.05, 0.1) is 12.0 Å².